The summed E-state index contributed by atoms with van der Waals surface area (Å²) in [5, 5.41) is 5.50. The monoisotopic (exact) mass is 291 g/mol. The summed E-state index contributed by atoms with van der Waals surface area (Å²) in [6.07, 6.45) is 2.71. The number of rotatable bonds is 3. The van der Waals surface area contributed by atoms with Crippen LogP contribution in [-0.4, -0.2) is 36.0 Å². The third kappa shape index (κ3) is 4.30. The molecule has 0 aliphatic carbocycles. The van der Waals surface area contributed by atoms with Crippen LogP contribution >= 0.6 is 0 Å². The van der Waals surface area contributed by atoms with Crippen molar-refractivity contribution in [3.8, 4) is 0 Å². The van der Waals surface area contributed by atoms with E-state index < -0.39 is 0 Å². The van der Waals surface area contributed by atoms with Gasteiger partial charge in [-0.3, -0.25) is 4.79 Å². The highest BCUT2D eigenvalue weighted by Gasteiger charge is 2.22. The summed E-state index contributed by atoms with van der Waals surface area (Å²) < 4.78 is 12.8. The molecule has 5 nitrogen and oxygen atoms in total. The van der Waals surface area contributed by atoms with E-state index in [-0.39, 0.29) is 23.8 Å². The number of carbonyl (C=O) groups excluding carboxylic acids is 2. The van der Waals surface area contributed by atoms with Gasteiger partial charge >= 0.3 is 6.03 Å². The molecule has 0 bridgehead atoms. The maximum absolute atomic E-state index is 12.8. The highest BCUT2D eigenvalue weighted by Crippen LogP contribution is 2.12. The fraction of sp³-hybridized carbons (Fsp3) is 0.333. The van der Waals surface area contributed by atoms with E-state index in [0.29, 0.717) is 31.6 Å². The number of anilines is 1. The van der Waals surface area contributed by atoms with E-state index >= 15 is 0 Å². The van der Waals surface area contributed by atoms with Crippen molar-refractivity contribution in [1.82, 2.24) is 10.2 Å². The van der Waals surface area contributed by atoms with Crippen LogP contribution in [0.3, 0.4) is 0 Å². The number of likely N-dealkylation sites (tertiary alicyclic amines) is 1. The second-order valence-corrected chi connectivity index (χ2v) is 4.91. The number of benzene rings is 1. The molecule has 6 heteroatoms. The lowest BCUT2D eigenvalue weighted by molar-refractivity contribution is -0.127. The van der Waals surface area contributed by atoms with Gasteiger partial charge < -0.3 is 15.5 Å². The van der Waals surface area contributed by atoms with Gasteiger partial charge in [0, 0.05) is 24.8 Å². The fourth-order valence-electron chi connectivity index (χ4n) is 2.26. The Hall–Kier alpha value is -2.37. The van der Waals surface area contributed by atoms with Crippen LogP contribution in [-0.2, 0) is 4.79 Å². The SMILES string of the molecule is C=CC(=O)N1CCC(NC(=O)Nc2ccc(F)cc2)CC1. The smallest absolute Gasteiger partial charge is 0.319 e. The highest BCUT2D eigenvalue weighted by molar-refractivity contribution is 5.89. The Bertz CT molecular complexity index is 522. The van der Waals surface area contributed by atoms with E-state index in [4.69, 9.17) is 0 Å². The number of nitrogens with zero attached hydrogens (tertiary/aromatic N) is 1. The molecule has 1 saturated heterocycles. The van der Waals surface area contributed by atoms with Crippen molar-refractivity contribution in [3.05, 3.63) is 42.7 Å². The third-order valence-corrected chi connectivity index (χ3v) is 3.42. The first kappa shape index (κ1) is 15.0. The second-order valence-electron chi connectivity index (χ2n) is 4.91. The number of amides is 3. The lowest BCUT2D eigenvalue weighted by atomic mass is 10.1. The van der Waals surface area contributed by atoms with Gasteiger partial charge in [-0.15, -0.1) is 0 Å². The van der Waals surface area contributed by atoms with Gasteiger partial charge in [0.15, 0.2) is 0 Å². The molecule has 0 unspecified atom stereocenters. The minimum absolute atomic E-state index is 0.0271. The van der Waals surface area contributed by atoms with Crippen molar-refractivity contribution >= 4 is 17.6 Å². The van der Waals surface area contributed by atoms with E-state index in [1.807, 2.05) is 0 Å². The van der Waals surface area contributed by atoms with Gasteiger partial charge in [-0.05, 0) is 43.2 Å². The minimum atomic E-state index is -0.347. The zero-order valence-electron chi connectivity index (χ0n) is 11.6. The second kappa shape index (κ2) is 6.88. The van der Waals surface area contributed by atoms with Crippen LogP contribution in [0, 0.1) is 5.82 Å². The summed E-state index contributed by atoms with van der Waals surface area (Å²) in [4.78, 5) is 25.0. The van der Waals surface area contributed by atoms with Crippen molar-refractivity contribution in [2.45, 2.75) is 18.9 Å². The van der Waals surface area contributed by atoms with Crippen LogP contribution < -0.4 is 10.6 Å². The Morgan fingerprint density at radius 2 is 1.86 bits per heavy atom. The Kier molecular flexibility index (Phi) is 4.92. The quantitative estimate of drug-likeness (QED) is 0.838. The molecule has 1 aromatic rings. The Balaban J connectivity index is 1.78. The average molecular weight is 291 g/mol. The molecule has 21 heavy (non-hydrogen) atoms. The molecule has 1 aliphatic heterocycles. The van der Waals surface area contributed by atoms with Gasteiger partial charge in [0.1, 0.15) is 5.82 Å². The largest absolute Gasteiger partial charge is 0.339 e. The summed E-state index contributed by atoms with van der Waals surface area (Å²) >= 11 is 0. The zero-order valence-corrected chi connectivity index (χ0v) is 11.6. The summed E-state index contributed by atoms with van der Waals surface area (Å²) in [6.45, 7) is 4.67. The van der Waals surface area contributed by atoms with Crippen molar-refractivity contribution in [2.24, 2.45) is 0 Å². The standard InChI is InChI=1S/C15H18FN3O2/c1-2-14(20)19-9-7-13(8-10-19)18-15(21)17-12-5-3-11(16)4-6-12/h2-6,13H,1,7-10H2,(H2,17,18,21). The molecule has 0 radical (unpaired) electrons. The van der Waals surface area contributed by atoms with Gasteiger partial charge in [-0.1, -0.05) is 6.58 Å². The molecule has 2 N–H and O–H groups in total. The lowest BCUT2D eigenvalue weighted by Gasteiger charge is -2.31. The van der Waals surface area contributed by atoms with Gasteiger partial charge in [0.05, 0.1) is 0 Å². The molecule has 0 aromatic heterocycles. The van der Waals surface area contributed by atoms with Crippen molar-refractivity contribution in [2.75, 3.05) is 18.4 Å². The highest BCUT2D eigenvalue weighted by atomic mass is 19.1. The lowest BCUT2D eigenvalue weighted by Crippen LogP contribution is -2.47. The molecule has 0 spiro atoms. The molecule has 112 valence electrons. The Labute approximate surface area is 122 Å². The maximum Gasteiger partial charge on any atom is 0.319 e. The van der Waals surface area contributed by atoms with Crippen LogP contribution in [0.4, 0.5) is 14.9 Å². The Morgan fingerprint density at radius 1 is 1.24 bits per heavy atom. The van der Waals surface area contributed by atoms with E-state index in [0.717, 1.165) is 0 Å². The predicted molar refractivity (Wildman–Crippen MR) is 78.4 cm³/mol. The van der Waals surface area contributed by atoms with Crippen molar-refractivity contribution in [1.29, 1.82) is 0 Å². The molecule has 1 fully saturated rings. The topological polar surface area (TPSA) is 61.4 Å². The van der Waals surface area contributed by atoms with Crippen LogP contribution in [0.15, 0.2) is 36.9 Å². The summed E-state index contributed by atoms with van der Waals surface area (Å²) in [7, 11) is 0. The normalized spacial score (nSPS) is 15.4. The summed E-state index contributed by atoms with van der Waals surface area (Å²) in [5.41, 5.74) is 0.535. The summed E-state index contributed by atoms with van der Waals surface area (Å²) in [5.74, 6) is -0.426. The van der Waals surface area contributed by atoms with E-state index in [1.54, 1.807) is 4.90 Å². The molecule has 2 rings (SSSR count). The molecule has 1 aromatic carbocycles. The number of hydrogen-bond acceptors (Lipinski definition) is 2. The van der Waals surface area contributed by atoms with Crippen molar-refractivity contribution in [3.63, 3.8) is 0 Å². The molecular weight excluding hydrogens is 273 g/mol. The van der Waals surface area contributed by atoms with Crippen LogP contribution in [0.5, 0.6) is 0 Å². The third-order valence-electron chi connectivity index (χ3n) is 3.42. The number of piperidine rings is 1. The van der Waals surface area contributed by atoms with Gasteiger partial charge in [-0.2, -0.15) is 0 Å². The fourth-order valence-corrected chi connectivity index (χ4v) is 2.26. The van der Waals surface area contributed by atoms with E-state index in [2.05, 4.69) is 17.2 Å². The number of halogens is 1. The molecule has 1 aliphatic rings. The van der Waals surface area contributed by atoms with E-state index in [1.165, 1.54) is 30.3 Å². The number of urea groups is 1. The molecule has 0 saturated carbocycles. The number of hydrogen-bond donors (Lipinski definition) is 2. The van der Waals surface area contributed by atoms with Crippen LogP contribution in [0.25, 0.3) is 0 Å². The first-order valence-corrected chi connectivity index (χ1v) is 6.83. The number of nitrogens with one attached hydrogen (secondary N) is 2. The Morgan fingerprint density at radius 3 is 2.43 bits per heavy atom. The average Bonchev–Trinajstić information content (AvgIpc) is 2.49. The predicted octanol–water partition coefficient (Wildman–Crippen LogP) is 2.12. The first-order chi connectivity index (χ1) is 10.1. The maximum atomic E-state index is 12.8. The van der Waals surface area contributed by atoms with E-state index in [9.17, 15) is 14.0 Å². The number of carbonyl (C=O) groups is 2. The first-order valence-electron chi connectivity index (χ1n) is 6.83. The minimum Gasteiger partial charge on any atom is -0.339 e. The molecule has 1 heterocycles. The summed E-state index contributed by atoms with van der Waals surface area (Å²) in [6, 6.07) is 5.28. The van der Waals surface area contributed by atoms with Crippen LogP contribution in [0.1, 0.15) is 12.8 Å². The molecule has 0 atom stereocenters. The van der Waals surface area contributed by atoms with Gasteiger partial charge in [-0.25, -0.2) is 9.18 Å². The van der Waals surface area contributed by atoms with Gasteiger partial charge in [0.2, 0.25) is 5.91 Å². The van der Waals surface area contributed by atoms with Gasteiger partial charge in [0.25, 0.3) is 0 Å². The molecular formula is C15H18FN3O2. The van der Waals surface area contributed by atoms with Crippen LogP contribution in [0.2, 0.25) is 0 Å². The van der Waals surface area contributed by atoms with Crippen molar-refractivity contribution < 1.29 is 14.0 Å². The molecule has 3 amide bonds. The zero-order chi connectivity index (χ0) is 15.2.